The third-order valence-corrected chi connectivity index (χ3v) is 5.29. The van der Waals surface area contributed by atoms with Gasteiger partial charge in [-0.25, -0.2) is 4.39 Å². The summed E-state index contributed by atoms with van der Waals surface area (Å²) in [5.41, 5.74) is 4.40. The number of hydrogen-bond donors (Lipinski definition) is 1. The molecule has 1 heterocycles. The number of aliphatic imine (C=N–C) groups is 1. The average molecular weight is 400 g/mol. The summed E-state index contributed by atoms with van der Waals surface area (Å²) in [5.74, 6) is -1.03. The number of benzene rings is 3. The van der Waals surface area contributed by atoms with Gasteiger partial charge in [0.25, 0.3) is 0 Å². The monoisotopic (exact) mass is 400 g/mol. The predicted molar refractivity (Wildman–Crippen MR) is 123 cm³/mol. The standard InChI is InChI=1S/C26H25FN2O/c27-25-17-22(9-8-20-10-12-24(13-11-20)29-14-4-5-15-29)16-23(26(25)30)19-28-18-21-6-2-1-3-7-21/h1-3,6-13,16-17,19,30H,4-5,14-15,18H2/b9-8+,28-19?. The Labute approximate surface area is 176 Å². The van der Waals surface area contributed by atoms with Crippen LogP contribution in [0, 0.1) is 5.82 Å². The molecule has 1 aliphatic rings. The molecule has 0 amide bonds. The van der Waals surface area contributed by atoms with Crippen LogP contribution in [0.2, 0.25) is 0 Å². The number of halogens is 1. The normalized spacial score (nSPS) is 14.2. The van der Waals surface area contributed by atoms with Crippen LogP contribution in [0.5, 0.6) is 5.75 Å². The van der Waals surface area contributed by atoms with Crippen molar-refractivity contribution < 1.29 is 9.50 Å². The molecule has 0 unspecified atom stereocenters. The van der Waals surface area contributed by atoms with Crippen LogP contribution in [0.3, 0.4) is 0 Å². The van der Waals surface area contributed by atoms with E-state index in [1.807, 2.05) is 42.5 Å². The van der Waals surface area contributed by atoms with Crippen molar-refractivity contribution in [3.63, 3.8) is 0 Å². The van der Waals surface area contributed by atoms with E-state index in [9.17, 15) is 9.50 Å². The van der Waals surface area contributed by atoms with Gasteiger partial charge >= 0.3 is 0 Å². The molecule has 1 saturated heterocycles. The fraction of sp³-hybridized carbons (Fsp3) is 0.192. The Bertz CT molecular complexity index is 1040. The summed E-state index contributed by atoms with van der Waals surface area (Å²) in [6, 6.07) is 21.3. The molecule has 0 aromatic heterocycles. The second kappa shape index (κ2) is 9.40. The topological polar surface area (TPSA) is 35.8 Å². The van der Waals surface area contributed by atoms with Gasteiger partial charge in [0.05, 0.1) is 6.54 Å². The molecule has 30 heavy (non-hydrogen) atoms. The summed E-state index contributed by atoms with van der Waals surface area (Å²) >= 11 is 0. The maximum Gasteiger partial charge on any atom is 0.166 e. The van der Waals surface area contributed by atoms with E-state index < -0.39 is 5.82 Å². The largest absolute Gasteiger partial charge is 0.504 e. The Hall–Kier alpha value is -3.40. The van der Waals surface area contributed by atoms with Gasteiger partial charge in [0.2, 0.25) is 0 Å². The molecule has 0 saturated carbocycles. The zero-order valence-electron chi connectivity index (χ0n) is 16.8. The molecule has 3 nitrogen and oxygen atoms in total. The lowest BCUT2D eigenvalue weighted by molar-refractivity contribution is 0.431. The summed E-state index contributed by atoms with van der Waals surface area (Å²) in [4.78, 5) is 6.73. The molecule has 4 rings (SSSR count). The zero-order valence-corrected chi connectivity index (χ0v) is 16.8. The number of aromatic hydroxyl groups is 1. The Morgan fingerprint density at radius 1 is 0.900 bits per heavy atom. The number of rotatable bonds is 6. The van der Waals surface area contributed by atoms with Gasteiger partial charge in [-0.2, -0.15) is 0 Å². The van der Waals surface area contributed by atoms with E-state index >= 15 is 0 Å². The SMILES string of the molecule is Oc1c(F)cc(/C=C/c2ccc(N3CCCC3)cc2)cc1C=NCc1ccccc1. The molecular weight excluding hydrogens is 375 g/mol. The molecule has 1 aliphatic heterocycles. The average Bonchev–Trinajstić information content (AvgIpc) is 3.31. The first-order chi connectivity index (χ1) is 14.7. The van der Waals surface area contributed by atoms with Crippen molar-refractivity contribution in [3.8, 4) is 5.75 Å². The summed E-state index contributed by atoms with van der Waals surface area (Å²) < 4.78 is 14.2. The van der Waals surface area contributed by atoms with Gasteiger partial charge in [0.1, 0.15) is 0 Å². The van der Waals surface area contributed by atoms with Crippen molar-refractivity contribution in [2.45, 2.75) is 19.4 Å². The number of nitrogens with zero attached hydrogens (tertiary/aromatic N) is 2. The first kappa shape index (κ1) is 19.9. The minimum absolute atomic E-state index is 0.370. The van der Waals surface area contributed by atoms with Crippen LogP contribution >= 0.6 is 0 Å². The molecule has 0 bridgehead atoms. The molecule has 0 atom stereocenters. The van der Waals surface area contributed by atoms with Gasteiger partial charge in [0, 0.05) is 30.6 Å². The predicted octanol–water partition coefficient (Wildman–Crippen LogP) is 5.92. The molecule has 3 aromatic carbocycles. The van der Waals surface area contributed by atoms with Gasteiger partial charge in [-0.1, -0.05) is 54.6 Å². The van der Waals surface area contributed by atoms with Crippen molar-refractivity contribution in [2.24, 2.45) is 4.99 Å². The molecule has 0 aliphatic carbocycles. The molecule has 3 aromatic rings. The van der Waals surface area contributed by atoms with Gasteiger partial charge < -0.3 is 10.0 Å². The molecule has 1 fully saturated rings. The van der Waals surface area contributed by atoms with Crippen molar-refractivity contribution in [1.82, 2.24) is 0 Å². The summed E-state index contributed by atoms with van der Waals surface area (Å²) in [5, 5.41) is 10.0. The second-order valence-electron chi connectivity index (χ2n) is 7.51. The fourth-order valence-electron chi connectivity index (χ4n) is 3.63. The third-order valence-electron chi connectivity index (χ3n) is 5.29. The number of phenolic OH excluding ortho intramolecular Hbond substituents is 1. The minimum atomic E-state index is -0.650. The van der Waals surface area contributed by atoms with Crippen molar-refractivity contribution >= 4 is 24.1 Å². The highest BCUT2D eigenvalue weighted by Crippen LogP contribution is 2.24. The number of phenols is 1. The van der Waals surface area contributed by atoms with E-state index in [1.54, 1.807) is 6.07 Å². The van der Waals surface area contributed by atoms with Crippen molar-refractivity contribution in [3.05, 3.63) is 94.8 Å². The minimum Gasteiger partial charge on any atom is -0.504 e. The van der Waals surface area contributed by atoms with Gasteiger partial charge in [-0.05, 0) is 53.8 Å². The third kappa shape index (κ3) is 4.95. The molecule has 0 spiro atoms. The van der Waals surface area contributed by atoms with Crippen LogP contribution in [0.4, 0.5) is 10.1 Å². The van der Waals surface area contributed by atoms with Crippen molar-refractivity contribution in [1.29, 1.82) is 0 Å². The van der Waals surface area contributed by atoms with Crippen LogP contribution in [0.25, 0.3) is 12.2 Å². The van der Waals surface area contributed by atoms with Crippen molar-refractivity contribution in [2.75, 3.05) is 18.0 Å². The van der Waals surface area contributed by atoms with E-state index in [2.05, 4.69) is 34.2 Å². The first-order valence-electron chi connectivity index (χ1n) is 10.3. The fourth-order valence-corrected chi connectivity index (χ4v) is 3.63. The molecule has 1 N–H and O–H groups in total. The van der Waals surface area contributed by atoms with E-state index in [0.29, 0.717) is 17.7 Å². The Balaban J connectivity index is 1.47. The van der Waals surface area contributed by atoms with E-state index in [1.165, 1.54) is 30.8 Å². The summed E-state index contributed by atoms with van der Waals surface area (Å²) in [6.45, 7) is 2.72. The van der Waals surface area contributed by atoms with Crippen LogP contribution in [0.15, 0.2) is 71.7 Å². The summed E-state index contributed by atoms with van der Waals surface area (Å²) in [6.07, 6.45) is 7.83. The van der Waals surface area contributed by atoms with E-state index in [4.69, 9.17) is 0 Å². The lowest BCUT2D eigenvalue weighted by atomic mass is 10.1. The van der Waals surface area contributed by atoms with Gasteiger partial charge in [-0.15, -0.1) is 0 Å². The quantitative estimate of drug-likeness (QED) is 0.412. The van der Waals surface area contributed by atoms with Gasteiger partial charge in [-0.3, -0.25) is 4.99 Å². The Morgan fingerprint density at radius 3 is 2.33 bits per heavy atom. The molecule has 4 heteroatoms. The van der Waals surface area contributed by atoms with E-state index in [0.717, 1.165) is 24.2 Å². The Kier molecular flexibility index (Phi) is 6.23. The smallest absolute Gasteiger partial charge is 0.166 e. The van der Waals surface area contributed by atoms with Crippen LogP contribution in [0.1, 0.15) is 35.1 Å². The van der Waals surface area contributed by atoms with Crippen LogP contribution < -0.4 is 4.90 Å². The highest BCUT2D eigenvalue weighted by atomic mass is 19.1. The molecule has 0 radical (unpaired) electrons. The van der Waals surface area contributed by atoms with Gasteiger partial charge in [0.15, 0.2) is 11.6 Å². The zero-order chi connectivity index (χ0) is 20.8. The number of anilines is 1. The highest BCUT2D eigenvalue weighted by molar-refractivity contribution is 5.85. The number of hydrogen-bond acceptors (Lipinski definition) is 3. The van der Waals surface area contributed by atoms with Crippen LogP contribution in [-0.4, -0.2) is 24.4 Å². The highest BCUT2D eigenvalue weighted by Gasteiger charge is 2.11. The summed E-state index contributed by atoms with van der Waals surface area (Å²) in [7, 11) is 0. The van der Waals surface area contributed by atoms with E-state index in [-0.39, 0.29) is 5.75 Å². The first-order valence-corrected chi connectivity index (χ1v) is 10.3. The second-order valence-corrected chi connectivity index (χ2v) is 7.51. The maximum atomic E-state index is 14.2. The Morgan fingerprint density at radius 2 is 1.60 bits per heavy atom. The lowest BCUT2D eigenvalue weighted by Gasteiger charge is -2.17. The molecule has 152 valence electrons. The molecular formula is C26H25FN2O. The maximum absolute atomic E-state index is 14.2. The lowest BCUT2D eigenvalue weighted by Crippen LogP contribution is -2.17. The van der Waals surface area contributed by atoms with Crippen LogP contribution in [-0.2, 0) is 6.54 Å².